The van der Waals surface area contributed by atoms with Crippen molar-refractivity contribution in [2.24, 2.45) is 11.3 Å². The molecule has 154 valence electrons. The molecule has 0 bridgehead atoms. The fourth-order valence-corrected chi connectivity index (χ4v) is 4.64. The van der Waals surface area contributed by atoms with E-state index in [1.807, 2.05) is 13.8 Å². The Hall–Kier alpha value is -2.70. The van der Waals surface area contributed by atoms with Crippen molar-refractivity contribution in [1.29, 1.82) is 0 Å². The summed E-state index contributed by atoms with van der Waals surface area (Å²) in [5.41, 5.74) is 1.95. The van der Waals surface area contributed by atoms with E-state index < -0.39 is 11.4 Å². The van der Waals surface area contributed by atoms with E-state index in [0.717, 1.165) is 36.9 Å². The number of likely N-dealkylation sites (tertiary alicyclic amines) is 1. The number of aliphatic carboxylic acids is 1. The number of aromatic nitrogens is 2. The highest BCUT2D eigenvalue weighted by atomic mass is 19.1. The lowest BCUT2D eigenvalue weighted by atomic mass is 9.76. The van der Waals surface area contributed by atoms with Gasteiger partial charge in [0.05, 0.1) is 11.1 Å². The Morgan fingerprint density at radius 1 is 1.24 bits per heavy atom. The lowest BCUT2D eigenvalue weighted by Gasteiger charge is -2.28. The highest BCUT2D eigenvalue weighted by Gasteiger charge is 2.49. The number of fused-ring (bicyclic) bond motifs is 1. The van der Waals surface area contributed by atoms with Gasteiger partial charge in [0.1, 0.15) is 5.82 Å². The fourth-order valence-electron chi connectivity index (χ4n) is 4.64. The van der Waals surface area contributed by atoms with Gasteiger partial charge in [0.15, 0.2) is 5.69 Å². The van der Waals surface area contributed by atoms with Crippen molar-refractivity contribution in [3.8, 4) is 5.69 Å². The number of hydrogen-bond acceptors (Lipinski definition) is 3. The maximum absolute atomic E-state index is 13.8. The molecule has 6 nitrogen and oxygen atoms in total. The van der Waals surface area contributed by atoms with E-state index in [1.165, 1.54) is 12.1 Å². The largest absolute Gasteiger partial charge is 0.481 e. The molecule has 7 heteroatoms. The van der Waals surface area contributed by atoms with Gasteiger partial charge in [-0.2, -0.15) is 5.10 Å². The number of halogens is 1. The van der Waals surface area contributed by atoms with E-state index in [0.29, 0.717) is 24.3 Å². The third-order valence-corrected chi connectivity index (χ3v) is 6.55. The molecular formula is C22H26FN3O3. The third-order valence-electron chi connectivity index (χ3n) is 6.55. The van der Waals surface area contributed by atoms with Gasteiger partial charge in [-0.25, -0.2) is 9.07 Å². The van der Waals surface area contributed by atoms with Crippen molar-refractivity contribution in [2.75, 3.05) is 13.1 Å². The number of carboxylic acid groups (broad SMARTS) is 1. The van der Waals surface area contributed by atoms with Crippen molar-refractivity contribution in [3.63, 3.8) is 0 Å². The SMILES string of the molecule is CC(C)C1(C(=O)O)CCN(C(=O)c2nn(-c3cccc(F)c3)c3c2CCCC3)C1. The Morgan fingerprint density at radius 2 is 2.00 bits per heavy atom. The summed E-state index contributed by atoms with van der Waals surface area (Å²) in [6, 6.07) is 6.21. The van der Waals surface area contributed by atoms with E-state index in [4.69, 9.17) is 0 Å². The zero-order valence-electron chi connectivity index (χ0n) is 16.8. The predicted molar refractivity (Wildman–Crippen MR) is 106 cm³/mol. The van der Waals surface area contributed by atoms with Crippen LogP contribution in [0.4, 0.5) is 4.39 Å². The molecule has 1 N–H and O–H groups in total. The Kier molecular flexibility index (Phi) is 4.92. The Morgan fingerprint density at radius 3 is 2.66 bits per heavy atom. The first-order chi connectivity index (χ1) is 13.8. The van der Waals surface area contributed by atoms with Crippen molar-refractivity contribution < 1.29 is 19.1 Å². The maximum Gasteiger partial charge on any atom is 0.311 e. The van der Waals surface area contributed by atoms with Crippen LogP contribution in [0.1, 0.15) is 54.9 Å². The first-order valence-electron chi connectivity index (χ1n) is 10.2. The highest BCUT2D eigenvalue weighted by Crippen LogP contribution is 2.39. The normalized spacial score (nSPS) is 21.4. The average molecular weight is 399 g/mol. The van der Waals surface area contributed by atoms with Crippen LogP contribution in [0.2, 0.25) is 0 Å². The summed E-state index contributed by atoms with van der Waals surface area (Å²) in [6.07, 6.45) is 3.97. The second kappa shape index (κ2) is 7.28. The van der Waals surface area contributed by atoms with Crippen LogP contribution in [0.3, 0.4) is 0 Å². The van der Waals surface area contributed by atoms with Gasteiger partial charge >= 0.3 is 5.97 Å². The minimum atomic E-state index is -0.916. The van der Waals surface area contributed by atoms with Gasteiger partial charge in [-0.05, 0) is 56.2 Å². The van der Waals surface area contributed by atoms with Crippen LogP contribution in [-0.4, -0.2) is 44.8 Å². The molecule has 0 spiro atoms. The Bertz CT molecular complexity index is 968. The molecule has 1 aromatic heterocycles. The number of rotatable bonds is 4. The van der Waals surface area contributed by atoms with Crippen LogP contribution >= 0.6 is 0 Å². The molecule has 2 heterocycles. The second-order valence-electron chi connectivity index (χ2n) is 8.47. The maximum atomic E-state index is 13.8. The first kappa shape index (κ1) is 19.6. The average Bonchev–Trinajstić information content (AvgIpc) is 3.31. The zero-order chi connectivity index (χ0) is 20.8. The van der Waals surface area contributed by atoms with Crippen LogP contribution in [0.25, 0.3) is 5.69 Å². The summed E-state index contributed by atoms with van der Waals surface area (Å²) in [6.45, 7) is 4.39. The van der Waals surface area contributed by atoms with Crippen LogP contribution < -0.4 is 0 Å². The summed E-state index contributed by atoms with van der Waals surface area (Å²) < 4.78 is 15.4. The Labute approximate surface area is 169 Å². The quantitative estimate of drug-likeness (QED) is 0.854. The number of hydrogen-bond donors (Lipinski definition) is 1. The van der Waals surface area contributed by atoms with E-state index in [1.54, 1.807) is 21.7 Å². The number of carbonyl (C=O) groups is 2. The van der Waals surface area contributed by atoms with Gasteiger partial charge in [-0.3, -0.25) is 9.59 Å². The predicted octanol–water partition coefficient (Wildman–Crippen LogP) is 3.46. The summed E-state index contributed by atoms with van der Waals surface area (Å²) >= 11 is 0. The van der Waals surface area contributed by atoms with E-state index in [-0.39, 0.29) is 24.2 Å². The van der Waals surface area contributed by atoms with Crippen LogP contribution in [0, 0.1) is 17.2 Å². The third kappa shape index (κ3) is 3.22. The molecule has 2 aromatic rings. The number of amides is 1. The summed E-state index contributed by atoms with van der Waals surface area (Å²) in [4.78, 5) is 26.9. The second-order valence-corrected chi connectivity index (χ2v) is 8.47. The molecule has 0 saturated carbocycles. The zero-order valence-corrected chi connectivity index (χ0v) is 16.8. The minimum Gasteiger partial charge on any atom is -0.481 e. The van der Waals surface area contributed by atoms with Crippen LogP contribution in [-0.2, 0) is 17.6 Å². The highest BCUT2D eigenvalue weighted by molar-refractivity contribution is 5.95. The summed E-state index contributed by atoms with van der Waals surface area (Å²) in [7, 11) is 0. The molecule has 29 heavy (non-hydrogen) atoms. The lowest BCUT2D eigenvalue weighted by molar-refractivity contribution is -0.150. The first-order valence-corrected chi connectivity index (χ1v) is 10.2. The molecule has 1 saturated heterocycles. The van der Waals surface area contributed by atoms with Crippen LogP contribution in [0.15, 0.2) is 24.3 Å². The van der Waals surface area contributed by atoms with Gasteiger partial charge in [-0.1, -0.05) is 19.9 Å². The molecule has 1 amide bonds. The van der Waals surface area contributed by atoms with E-state index in [9.17, 15) is 19.1 Å². The fraction of sp³-hybridized carbons (Fsp3) is 0.500. The molecule has 4 rings (SSSR count). The molecule has 1 atom stereocenters. The van der Waals surface area contributed by atoms with Gasteiger partial charge in [0, 0.05) is 24.3 Å². The summed E-state index contributed by atoms with van der Waals surface area (Å²) in [5, 5.41) is 14.4. The molecule has 0 radical (unpaired) electrons. The van der Waals surface area contributed by atoms with Gasteiger partial charge in [0.25, 0.3) is 5.91 Å². The van der Waals surface area contributed by atoms with Gasteiger partial charge in [0.2, 0.25) is 0 Å². The van der Waals surface area contributed by atoms with E-state index >= 15 is 0 Å². The van der Waals surface area contributed by atoms with Crippen molar-refractivity contribution in [2.45, 2.75) is 46.0 Å². The Balaban J connectivity index is 1.71. The topological polar surface area (TPSA) is 75.4 Å². The molecule has 1 aliphatic carbocycles. The smallest absolute Gasteiger partial charge is 0.311 e. The monoisotopic (exact) mass is 399 g/mol. The molecule has 1 fully saturated rings. The van der Waals surface area contributed by atoms with Crippen molar-refractivity contribution >= 4 is 11.9 Å². The molecule has 1 aliphatic heterocycles. The minimum absolute atomic E-state index is 0.0726. The molecule has 1 aromatic carbocycles. The molecule has 2 aliphatic rings. The molecular weight excluding hydrogens is 373 g/mol. The molecule has 1 unspecified atom stereocenters. The van der Waals surface area contributed by atoms with Crippen molar-refractivity contribution in [3.05, 3.63) is 47.0 Å². The van der Waals surface area contributed by atoms with Crippen LogP contribution in [0.5, 0.6) is 0 Å². The lowest BCUT2D eigenvalue weighted by Crippen LogP contribution is -2.40. The number of benzene rings is 1. The van der Waals surface area contributed by atoms with Crippen molar-refractivity contribution in [1.82, 2.24) is 14.7 Å². The number of carbonyl (C=O) groups excluding carboxylic acids is 1. The van der Waals surface area contributed by atoms with Gasteiger partial charge in [-0.15, -0.1) is 0 Å². The number of nitrogens with zero attached hydrogens (tertiary/aromatic N) is 3. The van der Waals surface area contributed by atoms with Gasteiger partial charge < -0.3 is 10.0 Å². The van der Waals surface area contributed by atoms with E-state index in [2.05, 4.69) is 5.10 Å². The standard InChI is InChI=1S/C22H26FN3O3/c1-14(2)22(21(28)29)10-11-25(13-22)20(27)19-17-8-3-4-9-18(17)26(24-19)16-7-5-6-15(23)12-16/h5-7,12,14H,3-4,8-11,13H2,1-2H3,(H,28,29). The summed E-state index contributed by atoms with van der Waals surface area (Å²) in [5.74, 6) is -1.49. The number of carboxylic acids is 1.